The van der Waals surface area contributed by atoms with E-state index in [0.717, 1.165) is 16.7 Å². The van der Waals surface area contributed by atoms with Crippen molar-refractivity contribution >= 4 is 17.6 Å². The first-order valence-corrected chi connectivity index (χ1v) is 6.54. The molecule has 0 spiro atoms. The number of benzene rings is 2. The van der Waals surface area contributed by atoms with Gasteiger partial charge in [0.05, 0.1) is 5.57 Å². The number of aryl methyl sites for hydroxylation is 2. The van der Waals surface area contributed by atoms with Gasteiger partial charge in [-0.1, -0.05) is 53.6 Å². The van der Waals surface area contributed by atoms with Crippen molar-refractivity contribution in [3.05, 3.63) is 75.9 Å². The Balaban J connectivity index is 2.10. The molecule has 2 aromatic rings. The van der Waals surface area contributed by atoms with Crippen LogP contribution in [0.25, 0.3) is 6.08 Å². The molecule has 0 saturated carbocycles. The van der Waals surface area contributed by atoms with Crippen LogP contribution in [0, 0.1) is 13.8 Å². The fourth-order valence-electron chi connectivity index (χ4n) is 2.66. The number of carbonyl (C=O) groups excluding carboxylic acids is 2. The van der Waals surface area contributed by atoms with Crippen molar-refractivity contribution in [2.24, 2.45) is 0 Å². The zero-order valence-corrected chi connectivity index (χ0v) is 11.4. The van der Waals surface area contributed by atoms with Gasteiger partial charge in [-0.05, 0) is 25.5 Å². The average Bonchev–Trinajstić information content (AvgIpc) is 2.64. The number of hydrogen-bond acceptors (Lipinski definition) is 2. The largest absolute Gasteiger partial charge is 0.288 e. The lowest BCUT2D eigenvalue weighted by Crippen LogP contribution is -2.00. The molecule has 2 heteroatoms. The summed E-state index contributed by atoms with van der Waals surface area (Å²) in [6.45, 7) is 4.00. The third-order valence-electron chi connectivity index (χ3n) is 3.46. The fraction of sp³-hybridized carbons (Fsp3) is 0.111. The smallest absolute Gasteiger partial charge is 0.197 e. The van der Waals surface area contributed by atoms with E-state index in [1.165, 1.54) is 0 Å². The topological polar surface area (TPSA) is 34.1 Å². The Morgan fingerprint density at radius 1 is 0.800 bits per heavy atom. The van der Waals surface area contributed by atoms with Crippen LogP contribution in [-0.2, 0) is 0 Å². The van der Waals surface area contributed by atoms with Crippen molar-refractivity contribution in [1.29, 1.82) is 0 Å². The second-order valence-corrected chi connectivity index (χ2v) is 5.18. The fourth-order valence-corrected chi connectivity index (χ4v) is 2.66. The van der Waals surface area contributed by atoms with Crippen molar-refractivity contribution in [1.82, 2.24) is 0 Å². The van der Waals surface area contributed by atoms with Gasteiger partial charge >= 0.3 is 0 Å². The number of fused-ring (bicyclic) bond motifs is 1. The lowest BCUT2D eigenvalue weighted by atomic mass is 10.0. The second kappa shape index (κ2) is 4.57. The molecule has 1 aliphatic carbocycles. The monoisotopic (exact) mass is 262 g/mol. The van der Waals surface area contributed by atoms with Crippen LogP contribution in [0.4, 0.5) is 0 Å². The van der Waals surface area contributed by atoms with Gasteiger partial charge < -0.3 is 0 Å². The van der Waals surface area contributed by atoms with Gasteiger partial charge in [0, 0.05) is 11.1 Å². The number of hydrogen-bond donors (Lipinski definition) is 0. The number of ketones is 2. The highest BCUT2D eigenvalue weighted by Gasteiger charge is 2.32. The van der Waals surface area contributed by atoms with Gasteiger partial charge in [-0.2, -0.15) is 0 Å². The molecule has 1 aliphatic rings. The molecule has 0 bridgehead atoms. The van der Waals surface area contributed by atoms with E-state index in [4.69, 9.17) is 0 Å². The van der Waals surface area contributed by atoms with Crippen molar-refractivity contribution in [2.45, 2.75) is 13.8 Å². The minimum Gasteiger partial charge on any atom is -0.288 e. The lowest BCUT2D eigenvalue weighted by Gasteiger charge is -2.01. The van der Waals surface area contributed by atoms with Crippen molar-refractivity contribution in [3.8, 4) is 0 Å². The standard InChI is InChI=1S/C18H14O2/c1-11-7-12(2)9-13(8-11)10-16-17(19)14-5-3-4-6-15(14)18(16)20/h3-10H,1-2H3. The zero-order chi connectivity index (χ0) is 14.3. The second-order valence-electron chi connectivity index (χ2n) is 5.18. The molecule has 2 aromatic carbocycles. The zero-order valence-electron chi connectivity index (χ0n) is 11.4. The quantitative estimate of drug-likeness (QED) is 0.579. The molecule has 0 N–H and O–H groups in total. The molecule has 3 rings (SSSR count). The average molecular weight is 262 g/mol. The Kier molecular flexibility index (Phi) is 2.87. The van der Waals surface area contributed by atoms with E-state index in [-0.39, 0.29) is 17.1 Å². The van der Waals surface area contributed by atoms with Gasteiger partial charge in [0.15, 0.2) is 11.6 Å². The first-order chi connectivity index (χ1) is 9.56. The van der Waals surface area contributed by atoms with Crippen LogP contribution in [0.5, 0.6) is 0 Å². The molecule has 0 aromatic heterocycles. The van der Waals surface area contributed by atoms with E-state index < -0.39 is 0 Å². The molecular formula is C18H14O2. The first kappa shape index (κ1) is 12.5. The molecule has 0 heterocycles. The highest BCUT2D eigenvalue weighted by atomic mass is 16.2. The number of carbonyl (C=O) groups is 2. The Hall–Kier alpha value is -2.48. The van der Waals surface area contributed by atoms with Crippen LogP contribution in [-0.4, -0.2) is 11.6 Å². The Morgan fingerprint density at radius 3 is 1.80 bits per heavy atom. The van der Waals surface area contributed by atoms with Gasteiger partial charge in [0.1, 0.15) is 0 Å². The summed E-state index contributed by atoms with van der Waals surface area (Å²) < 4.78 is 0. The van der Waals surface area contributed by atoms with Gasteiger partial charge in [0.2, 0.25) is 0 Å². The molecule has 0 radical (unpaired) electrons. The van der Waals surface area contributed by atoms with E-state index in [9.17, 15) is 9.59 Å². The summed E-state index contributed by atoms with van der Waals surface area (Å²) in [5.74, 6) is -0.352. The van der Waals surface area contributed by atoms with Crippen molar-refractivity contribution < 1.29 is 9.59 Å². The molecule has 20 heavy (non-hydrogen) atoms. The van der Waals surface area contributed by atoms with Gasteiger partial charge in [-0.15, -0.1) is 0 Å². The maximum atomic E-state index is 12.3. The maximum Gasteiger partial charge on any atom is 0.197 e. The SMILES string of the molecule is Cc1cc(C)cc(C=C2C(=O)c3ccccc3C2=O)c1. The van der Waals surface area contributed by atoms with E-state index >= 15 is 0 Å². The summed E-state index contributed by atoms with van der Waals surface area (Å²) >= 11 is 0. The van der Waals surface area contributed by atoms with Crippen LogP contribution in [0.1, 0.15) is 37.4 Å². The van der Waals surface area contributed by atoms with Gasteiger partial charge in [-0.3, -0.25) is 9.59 Å². The van der Waals surface area contributed by atoms with E-state index in [2.05, 4.69) is 6.07 Å². The highest BCUT2D eigenvalue weighted by molar-refractivity contribution is 6.41. The normalized spacial score (nSPS) is 13.6. The van der Waals surface area contributed by atoms with Gasteiger partial charge in [-0.25, -0.2) is 0 Å². The summed E-state index contributed by atoms with van der Waals surface area (Å²) in [6.07, 6.45) is 1.70. The third-order valence-corrected chi connectivity index (χ3v) is 3.46. The summed E-state index contributed by atoms with van der Waals surface area (Å²) in [7, 11) is 0. The first-order valence-electron chi connectivity index (χ1n) is 6.54. The molecule has 0 unspecified atom stereocenters. The Labute approximate surface area is 117 Å². The van der Waals surface area contributed by atoms with Gasteiger partial charge in [0.25, 0.3) is 0 Å². The van der Waals surface area contributed by atoms with Crippen LogP contribution < -0.4 is 0 Å². The summed E-state index contributed by atoms with van der Waals surface area (Å²) in [5.41, 5.74) is 4.41. The minimum absolute atomic E-state index is 0.176. The predicted molar refractivity (Wildman–Crippen MR) is 79.0 cm³/mol. The molecule has 0 atom stereocenters. The number of allylic oxidation sites excluding steroid dienone is 1. The molecule has 0 saturated heterocycles. The van der Waals surface area contributed by atoms with Crippen LogP contribution in [0.3, 0.4) is 0 Å². The van der Waals surface area contributed by atoms with Crippen molar-refractivity contribution in [3.63, 3.8) is 0 Å². The maximum absolute atomic E-state index is 12.3. The van der Waals surface area contributed by atoms with Crippen LogP contribution in [0.15, 0.2) is 48.0 Å². The molecule has 0 aliphatic heterocycles. The predicted octanol–water partition coefficient (Wildman–Crippen LogP) is 3.77. The van der Waals surface area contributed by atoms with Crippen molar-refractivity contribution in [2.75, 3.05) is 0 Å². The summed E-state index contributed by atoms with van der Waals surface area (Å²) in [5, 5.41) is 0. The molecule has 0 amide bonds. The highest BCUT2D eigenvalue weighted by Crippen LogP contribution is 2.27. The molecule has 98 valence electrons. The third kappa shape index (κ3) is 1.99. The van der Waals surface area contributed by atoms with E-state index in [1.807, 2.05) is 26.0 Å². The molecule has 2 nitrogen and oxygen atoms in total. The summed E-state index contributed by atoms with van der Waals surface area (Å²) in [6, 6.07) is 13.0. The lowest BCUT2D eigenvalue weighted by molar-refractivity contribution is 0.0990. The number of Topliss-reactive ketones (excluding diaryl/α,β-unsaturated/α-hetero) is 2. The number of rotatable bonds is 1. The Bertz CT molecular complexity index is 709. The van der Waals surface area contributed by atoms with E-state index in [0.29, 0.717) is 11.1 Å². The van der Waals surface area contributed by atoms with Crippen LogP contribution in [0.2, 0.25) is 0 Å². The summed E-state index contributed by atoms with van der Waals surface area (Å²) in [4.78, 5) is 24.6. The minimum atomic E-state index is -0.176. The van der Waals surface area contributed by atoms with Crippen LogP contribution >= 0.6 is 0 Å². The molecule has 0 fully saturated rings. The Morgan fingerprint density at radius 2 is 1.30 bits per heavy atom. The van der Waals surface area contributed by atoms with E-state index in [1.54, 1.807) is 30.3 Å². The molecular weight excluding hydrogens is 248 g/mol.